The molecule has 0 aliphatic carbocycles. The molecule has 0 saturated heterocycles. The Morgan fingerprint density at radius 2 is 1.72 bits per heavy atom. The van der Waals surface area contributed by atoms with Gasteiger partial charge in [0.25, 0.3) is 0 Å². The van der Waals surface area contributed by atoms with Gasteiger partial charge in [-0.3, -0.25) is 4.79 Å². The maximum Gasteiger partial charge on any atom is 0.179 e. The van der Waals surface area contributed by atoms with Crippen LogP contribution in [0.2, 0.25) is 0 Å². The second-order valence-electron chi connectivity index (χ2n) is 4.08. The van der Waals surface area contributed by atoms with E-state index in [-0.39, 0.29) is 0 Å². The van der Waals surface area contributed by atoms with Gasteiger partial charge in [0.2, 0.25) is 0 Å². The number of aromatic nitrogens is 1. The molecule has 1 aromatic heterocycles. The molecule has 18 heavy (non-hydrogen) atoms. The highest BCUT2D eigenvalue weighted by Crippen LogP contribution is 2.27. The molecule has 0 aliphatic heterocycles. The average molecular weight is 251 g/mol. The minimum atomic E-state index is 0.365. The number of ether oxygens (including phenoxy) is 2. The Morgan fingerprint density at radius 1 is 1.11 bits per heavy atom. The molecular formula is C14H21NO3. The van der Waals surface area contributed by atoms with Crippen molar-refractivity contribution in [1.82, 2.24) is 4.98 Å². The predicted molar refractivity (Wildman–Crippen MR) is 70.4 cm³/mol. The molecule has 1 aromatic rings. The lowest BCUT2D eigenvalue weighted by molar-refractivity contribution is 0.111. The van der Waals surface area contributed by atoms with E-state index in [0.29, 0.717) is 36.7 Å². The molecule has 4 nitrogen and oxygen atoms in total. The SMILES string of the molecule is CCCCOc1cnc(C=O)cc1OCCCC. The molecule has 0 radical (unpaired) electrons. The van der Waals surface area contributed by atoms with E-state index in [4.69, 9.17) is 9.47 Å². The lowest BCUT2D eigenvalue weighted by Crippen LogP contribution is -2.03. The van der Waals surface area contributed by atoms with Gasteiger partial charge in [0.15, 0.2) is 17.8 Å². The number of hydrogen-bond donors (Lipinski definition) is 0. The van der Waals surface area contributed by atoms with E-state index in [1.165, 1.54) is 0 Å². The zero-order valence-corrected chi connectivity index (χ0v) is 11.1. The van der Waals surface area contributed by atoms with Gasteiger partial charge < -0.3 is 9.47 Å². The number of unbranched alkanes of at least 4 members (excludes halogenated alkanes) is 2. The van der Waals surface area contributed by atoms with Crippen molar-refractivity contribution in [1.29, 1.82) is 0 Å². The van der Waals surface area contributed by atoms with E-state index in [2.05, 4.69) is 18.8 Å². The number of carbonyl (C=O) groups is 1. The molecule has 1 heterocycles. The van der Waals surface area contributed by atoms with Crippen molar-refractivity contribution in [3.05, 3.63) is 18.0 Å². The van der Waals surface area contributed by atoms with Crippen LogP contribution in [0.5, 0.6) is 11.5 Å². The van der Waals surface area contributed by atoms with Crippen molar-refractivity contribution in [3.63, 3.8) is 0 Å². The summed E-state index contributed by atoms with van der Waals surface area (Å²) < 4.78 is 11.2. The fraction of sp³-hybridized carbons (Fsp3) is 0.571. The number of aldehydes is 1. The Labute approximate surface area is 108 Å². The second-order valence-corrected chi connectivity index (χ2v) is 4.08. The van der Waals surface area contributed by atoms with Crippen molar-refractivity contribution < 1.29 is 14.3 Å². The molecule has 0 bridgehead atoms. The third kappa shape index (κ3) is 4.73. The summed E-state index contributed by atoms with van der Waals surface area (Å²) in [6.45, 7) is 5.48. The standard InChI is InChI=1S/C14H21NO3/c1-3-5-7-17-13-9-12(11-16)15-10-14(13)18-8-6-4-2/h9-11H,3-8H2,1-2H3. The molecule has 1 rings (SSSR count). The van der Waals surface area contributed by atoms with Crippen LogP contribution in [0.4, 0.5) is 0 Å². The zero-order valence-electron chi connectivity index (χ0n) is 11.1. The predicted octanol–water partition coefficient (Wildman–Crippen LogP) is 3.25. The summed E-state index contributed by atoms with van der Waals surface area (Å²) >= 11 is 0. The minimum Gasteiger partial charge on any atom is -0.490 e. The Hall–Kier alpha value is -1.58. The molecule has 0 fully saturated rings. The number of hydrogen-bond acceptors (Lipinski definition) is 4. The normalized spacial score (nSPS) is 10.1. The average Bonchev–Trinajstić information content (AvgIpc) is 2.40. The molecule has 0 atom stereocenters. The molecule has 100 valence electrons. The van der Waals surface area contributed by atoms with E-state index in [0.717, 1.165) is 25.7 Å². The van der Waals surface area contributed by atoms with Crippen LogP contribution in [0.3, 0.4) is 0 Å². The largest absolute Gasteiger partial charge is 0.490 e. The fourth-order valence-electron chi connectivity index (χ4n) is 1.38. The fourth-order valence-corrected chi connectivity index (χ4v) is 1.38. The van der Waals surface area contributed by atoms with E-state index in [9.17, 15) is 4.79 Å². The van der Waals surface area contributed by atoms with Gasteiger partial charge in [-0.15, -0.1) is 0 Å². The van der Waals surface area contributed by atoms with Gasteiger partial charge in [-0.1, -0.05) is 26.7 Å². The first-order valence-corrected chi connectivity index (χ1v) is 6.52. The van der Waals surface area contributed by atoms with Gasteiger partial charge in [0.05, 0.1) is 19.4 Å². The number of nitrogens with zero attached hydrogens (tertiary/aromatic N) is 1. The summed E-state index contributed by atoms with van der Waals surface area (Å²) in [6.07, 6.45) is 6.38. The van der Waals surface area contributed by atoms with Crippen LogP contribution in [0.25, 0.3) is 0 Å². The third-order valence-electron chi connectivity index (χ3n) is 2.48. The minimum absolute atomic E-state index is 0.365. The van der Waals surface area contributed by atoms with Crippen molar-refractivity contribution in [2.45, 2.75) is 39.5 Å². The number of rotatable bonds is 9. The van der Waals surface area contributed by atoms with E-state index >= 15 is 0 Å². The smallest absolute Gasteiger partial charge is 0.179 e. The van der Waals surface area contributed by atoms with Gasteiger partial charge in [-0.2, -0.15) is 0 Å². The van der Waals surface area contributed by atoms with Crippen LogP contribution in [-0.4, -0.2) is 24.5 Å². The van der Waals surface area contributed by atoms with E-state index in [1.807, 2.05) is 0 Å². The topological polar surface area (TPSA) is 48.4 Å². The molecule has 0 saturated carbocycles. The summed E-state index contributed by atoms with van der Waals surface area (Å²) in [4.78, 5) is 14.7. The Balaban J connectivity index is 2.69. The molecule has 0 amide bonds. The van der Waals surface area contributed by atoms with Crippen LogP contribution in [0.1, 0.15) is 50.0 Å². The van der Waals surface area contributed by atoms with Gasteiger partial charge in [0, 0.05) is 6.07 Å². The Bertz CT molecular complexity index is 366. The van der Waals surface area contributed by atoms with Crippen molar-refractivity contribution in [3.8, 4) is 11.5 Å². The molecule has 0 unspecified atom stereocenters. The molecule has 0 aromatic carbocycles. The van der Waals surface area contributed by atoms with E-state index < -0.39 is 0 Å². The lowest BCUT2D eigenvalue weighted by Gasteiger charge is -2.12. The first-order valence-electron chi connectivity index (χ1n) is 6.52. The second kappa shape index (κ2) is 8.50. The van der Waals surface area contributed by atoms with Crippen LogP contribution < -0.4 is 9.47 Å². The molecule has 0 aliphatic rings. The van der Waals surface area contributed by atoms with Crippen LogP contribution >= 0.6 is 0 Å². The molecule has 0 spiro atoms. The van der Waals surface area contributed by atoms with E-state index in [1.54, 1.807) is 12.3 Å². The zero-order chi connectivity index (χ0) is 13.2. The van der Waals surface area contributed by atoms with Gasteiger partial charge in [-0.25, -0.2) is 4.98 Å². The summed E-state index contributed by atoms with van der Waals surface area (Å²) in [5, 5.41) is 0. The van der Waals surface area contributed by atoms with Crippen molar-refractivity contribution in [2.24, 2.45) is 0 Å². The van der Waals surface area contributed by atoms with Crippen molar-refractivity contribution in [2.75, 3.05) is 13.2 Å². The highest BCUT2D eigenvalue weighted by molar-refractivity contribution is 5.73. The number of pyridine rings is 1. The van der Waals surface area contributed by atoms with Crippen LogP contribution in [0, 0.1) is 0 Å². The van der Waals surface area contributed by atoms with Gasteiger partial charge in [-0.05, 0) is 12.8 Å². The molecule has 0 N–H and O–H groups in total. The monoisotopic (exact) mass is 251 g/mol. The summed E-state index contributed by atoms with van der Waals surface area (Å²) in [6, 6.07) is 1.63. The maximum atomic E-state index is 10.7. The highest BCUT2D eigenvalue weighted by Gasteiger charge is 2.07. The third-order valence-corrected chi connectivity index (χ3v) is 2.48. The first-order chi connectivity index (χ1) is 8.81. The van der Waals surface area contributed by atoms with Crippen molar-refractivity contribution >= 4 is 6.29 Å². The Kier molecular flexibility index (Phi) is 6.84. The van der Waals surface area contributed by atoms with Crippen LogP contribution in [-0.2, 0) is 0 Å². The quantitative estimate of drug-likeness (QED) is 0.499. The Morgan fingerprint density at radius 3 is 2.28 bits per heavy atom. The summed E-state index contributed by atoms with van der Waals surface area (Å²) in [7, 11) is 0. The van der Waals surface area contributed by atoms with Gasteiger partial charge in [0.1, 0.15) is 5.69 Å². The molecular weight excluding hydrogens is 230 g/mol. The lowest BCUT2D eigenvalue weighted by atomic mass is 10.3. The van der Waals surface area contributed by atoms with Gasteiger partial charge >= 0.3 is 0 Å². The molecule has 4 heteroatoms. The maximum absolute atomic E-state index is 10.7. The summed E-state index contributed by atoms with van der Waals surface area (Å²) in [5.74, 6) is 1.22. The van der Waals surface area contributed by atoms with Crippen LogP contribution in [0.15, 0.2) is 12.3 Å². The number of carbonyl (C=O) groups excluding carboxylic acids is 1. The summed E-state index contributed by atoms with van der Waals surface area (Å²) in [5.41, 5.74) is 0.365. The highest BCUT2D eigenvalue weighted by atomic mass is 16.5. The first kappa shape index (κ1) is 14.5.